The summed E-state index contributed by atoms with van der Waals surface area (Å²) in [6, 6.07) is -3.72. The zero-order chi connectivity index (χ0) is 29.4. The van der Waals surface area contributed by atoms with Crippen molar-refractivity contribution in [3.63, 3.8) is 0 Å². The number of methoxy groups -OCH3 is 2. The highest BCUT2D eigenvalue weighted by Gasteiger charge is 2.59. The minimum atomic E-state index is -1.19. The molecule has 40 heavy (non-hydrogen) atoms. The number of hydrogen-bond donors (Lipinski definition) is 3. The fourth-order valence-corrected chi connectivity index (χ4v) is 6.98. The molecule has 12 heteroatoms. The number of ether oxygens (including phenoxy) is 2. The molecule has 1 fully saturated rings. The van der Waals surface area contributed by atoms with E-state index in [-0.39, 0.29) is 70.3 Å². The number of amides is 1. The third-order valence-corrected chi connectivity index (χ3v) is 8.93. The Hall–Kier alpha value is -3.45. The van der Waals surface area contributed by atoms with Crippen LogP contribution in [0.15, 0.2) is 45.0 Å². The van der Waals surface area contributed by atoms with Gasteiger partial charge >= 0.3 is 0 Å². The number of nitrogens with zero attached hydrogens (tertiary/aromatic N) is 2. The van der Waals surface area contributed by atoms with Crippen LogP contribution in [0.25, 0.3) is 0 Å². The lowest BCUT2D eigenvalue weighted by atomic mass is 9.68. The Morgan fingerprint density at radius 2 is 1.45 bits per heavy atom. The first-order valence-electron chi connectivity index (χ1n) is 13.2. The van der Waals surface area contributed by atoms with Crippen LogP contribution in [0.4, 0.5) is 0 Å². The second kappa shape index (κ2) is 9.88. The highest BCUT2D eigenvalue weighted by Crippen LogP contribution is 2.48. The van der Waals surface area contributed by atoms with E-state index in [0.29, 0.717) is 5.57 Å². The first-order valence-corrected chi connectivity index (χ1v) is 13.2. The summed E-state index contributed by atoms with van der Waals surface area (Å²) in [5.74, 6) is -2.17. The fraction of sp³-hybridized carbons (Fsp3) is 0.536. The number of nitrogens with two attached hydrogens (primary N) is 1. The summed E-state index contributed by atoms with van der Waals surface area (Å²) in [6.45, 7) is 4.46. The smallest absolute Gasteiger partial charge is 0.236 e. The van der Waals surface area contributed by atoms with Crippen molar-refractivity contribution in [3.8, 4) is 0 Å². The topological polar surface area (TPSA) is 169 Å². The Labute approximate surface area is 231 Å². The Kier molecular flexibility index (Phi) is 6.94. The molecule has 2 bridgehead atoms. The van der Waals surface area contributed by atoms with Crippen LogP contribution in [0.5, 0.6) is 0 Å². The van der Waals surface area contributed by atoms with Gasteiger partial charge < -0.3 is 25.6 Å². The monoisotopic (exact) mass is 554 g/mol. The van der Waals surface area contributed by atoms with Gasteiger partial charge in [-0.05, 0) is 40.7 Å². The van der Waals surface area contributed by atoms with Crippen LogP contribution in [-0.2, 0) is 33.4 Å². The molecular formula is C28H34N4O8. The first kappa shape index (κ1) is 28.1. The molecule has 1 amide bonds. The van der Waals surface area contributed by atoms with Gasteiger partial charge in [-0.2, -0.15) is 0 Å². The predicted octanol–water partition coefficient (Wildman–Crippen LogP) is -0.965. The van der Waals surface area contributed by atoms with Crippen LogP contribution in [0.1, 0.15) is 33.6 Å². The highest BCUT2D eigenvalue weighted by molar-refractivity contribution is 6.26. The molecule has 3 heterocycles. The first-order chi connectivity index (χ1) is 18.9. The number of carbonyl (C=O) groups excluding carboxylic acids is 5. The van der Waals surface area contributed by atoms with E-state index < -0.39 is 53.9 Å². The molecule has 1 unspecified atom stereocenters. The Balaban J connectivity index is 1.68. The molecule has 0 aromatic rings. The lowest BCUT2D eigenvalue weighted by Gasteiger charge is -2.60. The molecule has 0 aromatic heterocycles. The van der Waals surface area contributed by atoms with Gasteiger partial charge in [0, 0.05) is 46.0 Å². The quantitative estimate of drug-likeness (QED) is 0.358. The summed E-state index contributed by atoms with van der Waals surface area (Å²) in [6.07, 6.45) is -1.05. The zero-order valence-electron chi connectivity index (χ0n) is 23.4. The van der Waals surface area contributed by atoms with Gasteiger partial charge in [0.05, 0.1) is 38.4 Å². The maximum absolute atomic E-state index is 13.7. The summed E-state index contributed by atoms with van der Waals surface area (Å²) in [5.41, 5.74) is 7.12. The van der Waals surface area contributed by atoms with Crippen LogP contribution < -0.4 is 11.1 Å². The molecule has 12 nitrogen and oxygen atoms in total. The maximum atomic E-state index is 13.7. The number of fused-ring (bicyclic) bond motifs is 5. The van der Waals surface area contributed by atoms with E-state index in [1.54, 1.807) is 18.9 Å². The van der Waals surface area contributed by atoms with Crippen molar-refractivity contribution in [2.45, 2.75) is 70.0 Å². The maximum Gasteiger partial charge on any atom is 0.236 e. The van der Waals surface area contributed by atoms with E-state index >= 15 is 0 Å². The van der Waals surface area contributed by atoms with Crippen LogP contribution >= 0.6 is 0 Å². The molecule has 5 rings (SSSR count). The predicted molar refractivity (Wildman–Crippen MR) is 140 cm³/mol. The number of aliphatic hydroxyl groups excluding tert-OH is 1. The lowest BCUT2D eigenvalue weighted by molar-refractivity contribution is -0.161. The third-order valence-electron chi connectivity index (χ3n) is 8.93. The Morgan fingerprint density at radius 3 is 1.98 bits per heavy atom. The van der Waals surface area contributed by atoms with E-state index in [9.17, 15) is 29.1 Å². The average Bonchev–Trinajstić information content (AvgIpc) is 2.91. The lowest BCUT2D eigenvalue weighted by Crippen LogP contribution is -2.75. The molecule has 0 saturated carbocycles. The second-order valence-electron chi connectivity index (χ2n) is 11.0. The summed E-state index contributed by atoms with van der Waals surface area (Å²) in [4.78, 5) is 70.4. The van der Waals surface area contributed by atoms with Crippen molar-refractivity contribution in [1.29, 1.82) is 0 Å². The molecule has 0 radical (unpaired) electrons. The van der Waals surface area contributed by atoms with Gasteiger partial charge in [-0.25, -0.2) is 0 Å². The van der Waals surface area contributed by atoms with E-state index in [0.717, 1.165) is 0 Å². The average molecular weight is 555 g/mol. The molecule has 1 saturated heterocycles. The van der Waals surface area contributed by atoms with Crippen molar-refractivity contribution in [2.75, 3.05) is 27.8 Å². The van der Waals surface area contributed by atoms with Crippen LogP contribution in [0.3, 0.4) is 0 Å². The number of Topliss-reactive ketones (excluding diaryl/α,β-unsaturated/α-hetero) is 4. The largest absolute Gasteiger partial charge is 0.492 e. The van der Waals surface area contributed by atoms with E-state index in [2.05, 4.69) is 5.32 Å². The molecule has 0 spiro atoms. The van der Waals surface area contributed by atoms with Crippen LogP contribution in [0, 0.1) is 0 Å². The van der Waals surface area contributed by atoms with Gasteiger partial charge in [-0.15, -0.1) is 0 Å². The SMILES string of the molecule is COC1=C(C)C(=O)C2=C(C1=O)[C@@H]1[C@@H]3CC4=C(C(=O)C(OC)=C(C)C4=O)[C@H](CNC(=O)C(C)N)N3[C@@H](O)[C@H](C2)N1C. The number of likely N-dealkylation sites (N-methyl/N-ethyl adjacent to an activating group) is 1. The molecular weight excluding hydrogens is 520 g/mol. The van der Waals surface area contributed by atoms with E-state index in [4.69, 9.17) is 15.2 Å². The van der Waals surface area contributed by atoms with Gasteiger partial charge in [0.2, 0.25) is 17.5 Å². The number of rotatable bonds is 5. The third kappa shape index (κ3) is 3.77. The number of nitrogens with one attached hydrogen (secondary N) is 1. The van der Waals surface area contributed by atoms with Crippen molar-refractivity contribution in [2.24, 2.45) is 5.73 Å². The van der Waals surface area contributed by atoms with E-state index in [1.165, 1.54) is 28.1 Å². The fourth-order valence-electron chi connectivity index (χ4n) is 6.98. The standard InChI is InChI=1S/C28H34N4O8/c1-10-21(33)13-7-15-20-19-14(22(34)11(2)26(40-6)24(19)36)8-16(31(20)4)28(38)32(15)17(9-30-27(37)12(3)29)18(13)23(35)25(10)39-5/h12,15-17,20,28,38H,7-9,29H2,1-6H3,(H,30,37)/t12?,15-,16-,17-,20-,28-/m0/s1. The number of carbonyl (C=O) groups is 5. The summed E-state index contributed by atoms with van der Waals surface area (Å²) in [7, 11) is 4.42. The Bertz CT molecular complexity index is 1390. The summed E-state index contributed by atoms with van der Waals surface area (Å²) >= 11 is 0. The number of ketones is 4. The number of hydrogen-bond acceptors (Lipinski definition) is 11. The molecule has 3 aliphatic heterocycles. The van der Waals surface area contributed by atoms with Crippen LogP contribution in [-0.4, -0.2) is 108 Å². The minimum Gasteiger partial charge on any atom is -0.492 e. The van der Waals surface area contributed by atoms with Crippen molar-refractivity contribution in [1.82, 2.24) is 15.1 Å². The molecule has 0 aromatic carbocycles. The van der Waals surface area contributed by atoms with Crippen molar-refractivity contribution in [3.05, 3.63) is 45.0 Å². The Morgan fingerprint density at radius 1 is 0.950 bits per heavy atom. The summed E-state index contributed by atoms with van der Waals surface area (Å²) in [5, 5.41) is 14.5. The van der Waals surface area contributed by atoms with Gasteiger partial charge in [-0.3, -0.25) is 33.8 Å². The minimum absolute atomic E-state index is 0.0304. The summed E-state index contributed by atoms with van der Waals surface area (Å²) < 4.78 is 10.6. The number of piperazine rings is 1. The molecule has 4 N–H and O–H groups in total. The second-order valence-corrected chi connectivity index (χ2v) is 11.0. The normalized spacial score (nSPS) is 31.8. The van der Waals surface area contributed by atoms with Crippen molar-refractivity contribution >= 4 is 29.0 Å². The zero-order valence-corrected chi connectivity index (χ0v) is 23.4. The van der Waals surface area contributed by atoms with Crippen molar-refractivity contribution < 1.29 is 38.6 Å². The highest BCUT2D eigenvalue weighted by atomic mass is 16.5. The molecule has 2 aliphatic carbocycles. The van der Waals surface area contributed by atoms with Gasteiger partial charge in [0.25, 0.3) is 0 Å². The van der Waals surface area contributed by atoms with Gasteiger partial charge in [0.1, 0.15) is 6.23 Å². The number of allylic oxidation sites excluding steroid dienone is 4. The number of aliphatic hydroxyl groups is 1. The van der Waals surface area contributed by atoms with Crippen LogP contribution in [0.2, 0.25) is 0 Å². The van der Waals surface area contributed by atoms with E-state index in [1.807, 2.05) is 4.90 Å². The molecule has 6 atom stereocenters. The van der Waals surface area contributed by atoms with Gasteiger partial charge in [0.15, 0.2) is 23.1 Å². The molecule has 5 aliphatic rings. The molecule has 214 valence electrons. The van der Waals surface area contributed by atoms with Gasteiger partial charge in [-0.1, -0.05) is 0 Å².